The minimum absolute atomic E-state index is 0.0997. The molecule has 6 heteroatoms. The first-order valence-electron chi connectivity index (χ1n) is 5.64. The summed E-state index contributed by atoms with van der Waals surface area (Å²) < 4.78 is 18.8. The second kappa shape index (κ2) is 5.31. The van der Waals surface area contributed by atoms with Crippen molar-refractivity contribution >= 4 is 5.82 Å². The Morgan fingerprint density at radius 1 is 1.42 bits per heavy atom. The molecule has 0 bridgehead atoms. The predicted octanol–water partition coefficient (Wildman–Crippen LogP) is 2.42. The second-order valence-corrected chi connectivity index (χ2v) is 3.73. The number of halogens is 1. The molecular weight excluding hydrogens is 247 g/mol. The first kappa shape index (κ1) is 12.8. The monoisotopic (exact) mass is 258 g/mol. The zero-order valence-electron chi connectivity index (χ0n) is 10.2. The number of nitrogens with two attached hydrogens (primary N) is 1. The van der Waals surface area contributed by atoms with Gasteiger partial charge >= 0.3 is 0 Å². The van der Waals surface area contributed by atoms with E-state index in [1.165, 1.54) is 24.3 Å². The Morgan fingerprint density at radius 3 is 2.89 bits per heavy atom. The van der Waals surface area contributed by atoms with Crippen LogP contribution in [0.15, 0.2) is 24.3 Å². The van der Waals surface area contributed by atoms with Crippen LogP contribution in [0.2, 0.25) is 0 Å². The molecule has 1 heterocycles. The van der Waals surface area contributed by atoms with E-state index in [2.05, 4.69) is 9.97 Å². The molecule has 0 amide bonds. The molecule has 1 aromatic carbocycles. The van der Waals surface area contributed by atoms with Crippen molar-refractivity contribution in [3.05, 3.63) is 41.5 Å². The number of nitrogens with zero attached hydrogens (tertiary/aromatic N) is 3. The fourth-order valence-electron chi connectivity index (χ4n) is 1.51. The zero-order valence-corrected chi connectivity index (χ0v) is 10.2. The molecule has 0 unspecified atom stereocenters. The number of hydrogen-bond acceptors (Lipinski definition) is 5. The topological polar surface area (TPSA) is 84.8 Å². The van der Waals surface area contributed by atoms with Crippen molar-refractivity contribution in [2.75, 3.05) is 5.73 Å². The summed E-state index contributed by atoms with van der Waals surface area (Å²) in [6.45, 7) is 1.88. The number of nitrogen functional groups attached to an aromatic ring is 1. The van der Waals surface area contributed by atoms with Crippen molar-refractivity contribution < 1.29 is 9.13 Å². The molecule has 19 heavy (non-hydrogen) atoms. The third kappa shape index (κ3) is 2.77. The minimum atomic E-state index is -0.641. The lowest BCUT2D eigenvalue weighted by atomic mass is 10.2. The van der Waals surface area contributed by atoms with Crippen molar-refractivity contribution in [3.8, 4) is 17.7 Å². The highest BCUT2D eigenvalue weighted by Crippen LogP contribution is 2.26. The number of rotatable bonds is 3. The Morgan fingerprint density at radius 2 is 2.21 bits per heavy atom. The van der Waals surface area contributed by atoms with Gasteiger partial charge in [0.1, 0.15) is 34.8 Å². The van der Waals surface area contributed by atoms with Gasteiger partial charge in [-0.05, 0) is 12.1 Å². The maximum Gasteiger partial charge on any atom is 0.224 e. The van der Waals surface area contributed by atoms with E-state index in [9.17, 15) is 4.39 Å². The molecule has 0 fully saturated rings. The summed E-state index contributed by atoms with van der Waals surface area (Å²) in [5.41, 5.74) is 5.45. The number of aromatic nitrogens is 2. The third-order valence-electron chi connectivity index (χ3n) is 2.39. The fraction of sp³-hybridized carbons (Fsp3) is 0.154. The summed E-state index contributed by atoms with van der Waals surface area (Å²) in [4.78, 5) is 8.11. The van der Waals surface area contributed by atoms with Crippen molar-refractivity contribution in [2.45, 2.75) is 13.3 Å². The summed E-state index contributed by atoms with van der Waals surface area (Å²) in [5, 5.41) is 8.91. The van der Waals surface area contributed by atoms with Gasteiger partial charge in [0.2, 0.25) is 5.88 Å². The second-order valence-electron chi connectivity index (χ2n) is 3.73. The van der Waals surface area contributed by atoms with Crippen LogP contribution in [0, 0.1) is 17.1 Å². The first-order chi connectivity index (χ1) is 9.13. The van der Waals surface area contributed by atoms with Gasteiger partial charge in [0, 0.05) is 12.5 Å². The maximum atomic E-state index is 13.4. The Kier molecular flexibility index (Phi) is 3.57. The summed E-state index contributed by atoms with van der Waals surface area (Å²) in [6.07, 6.45) is 0.593. The van der Waals surface area contributed by atoms with Gasteiger partial charge in [-0.3, -0.25) is 0 Å². The van der Waals surface area contributed by atoms with E-state index in [0.717, 1.165) is 0 Å². The Balaban J connectivity index is 2.39. The van der Waals surface area contributed by atoms with Gasteiger partial charge in [-0.15, -0.1) is 0 Å². The quantitative estimate of drug-likeness (QED) is 0.913. The number of ether oxygens (including phenoxy) is 1. The van der Waals surface area contributed by atoms with Crippen molar-refractivity contribution in [2.24, 2.45) is 0 Å². The Hall–Kier alpha value is -2.68. The van der Waals surface area contributed by atoms with Crippen LogP contribution < -0.4 is 10.5 Å². The molecule has 1 aromatic heterocycles. The smallest absolute Gasteiger partial charge is 0.224 e. The van der Waals surface area contributed by atoms with Gasteiger partial charge in [-0.1, -0.05) is 13.0 Å². The molecule has 0 aliphatic rings. The van der Waals surface area contributed by atoms with Crippen molar-refractivity contribution in [3.63, 3.8) is 0 Å². The van der Waals surface area contributed by atoms with Crippen LogP contribution in [0.1, 0.15) is 18.3 Å². The summed E-state index contributed by atoms with van der Waals surface area (Å²) in [7, 11) is 0. The first-order valence-corrected chi connectivity index (χ1v) is 5.64. The standard InChI is InChI=1S/C13H11FN4O/c1-2-12-17-11(16)6-13(18-12)19-10-5-3-4-9(14)8(10)7-15/h3-6H,2H2,1H3,(H2,16,17,18). The number of anilines is 1. The van der Waals surface area contributed by atoms with Crippen molar-refractivity contribution in [1.82, 2.24) is 9.97 Å². The van der Waals surface area contributed by atoms with Crippen LogP contribution in [0.25, 0.3) is 0 Å². The molecule has 2 rings (SSSR count). The number of nitriles is 1. The van der Waals surface area contributed by atoms with Gasteiger partial charge in [-0.2, -0.15) is 10.2 Å². The number of hydrogen-bond donors (Lipinski definition) is 1. The van der Waals surface area contributed by atoms with E-state index >= 15 is 0 Å². The molecule has 0 aliphatic carbocycles. The number of benzene rings is 1. The highest BCUT2D eigenvalue weighted by Gasteiger charge is 2.11. The molecule has 5 nitrogen and oxygen atoms in total. The highest BCUT2D eigenvalue weighted by molar-refractivity contribution is 5.46. The predicted molar refractivity (Wildman–Crippen MR) is 67.0 cm³/mol. The average Bonchev–Trinajstić information content (AvgIpc) is 2.38. The Bertz CT molecular complexity index is 652. The van der Waals surface area contributed by atoms with Crippen molar-refractivity contribution in [1.29, 1.82) is 5.26 Å². The third-order valence-corrected chi connectivity index (χ3v) is 2.39. The van der Waals surface area contributed by atoms with E-state index in [4.69, 9.17) is 15.7 Å². The van der Waals surface area contributed by atoms with E-state index in [1.807, 2.05) is 6.92 Å². The van der Waals surface area contributed by atoms with Crippen LogP contribution in [0.5, 0.6) is 11.6 Å². The van der Waals surface area contributed by atoms with Crippen LogP contribution in [-0.2, 0) is 6.42 Å². The summed E-state index contributed by atoms with van der Waals surface area (Å²) in [6, 6.07) is 7.31. The molecule has 0 atom stereocenters. The molecule has 0 radical (unpaired) electrons. The molecular formula is C13H11FN4O. The maximum absolute atomic E-state index is 13.4. The van der Waals surface area contributed by atoms with Gasteiger partial charge in [0.05, 0.1) is 0 Å². The zero-order chi connectivity index (χ0) is 13.8. The molecule has 96 valence electrons. The van der Waals surface area contributed by atoms with E-state index in [1.54, 1.807) is 6.07 Å². The lowest BCUT2D eigenvalue weighted by molar-refractivity contribution is 0.452. The Labute approximate surface area is 109 Å². The fourth-order valence-corrected chi connectivity index (χ4v) is 1.51. The summed E-state index contributed by atoms with van der Waals surface area (Å²) >= 11 is 0. The molecule has 2 N–H and O–H groups in total. The molecule has 0 spiro atoms. The molecule has 0 aliphatic heterocycles. The van der Waals surface area contributed by atoms with E-state index < -0.39 is 5.82 Å². The van der Waals surface area contributed by atoms with Crippen LogP contribution >= 0.6 is 0 Å². The largest absolute Gasteiger partial charge is 0.437 e. The molecule has 0 saturated heterocycles. The summed E-state index contributed by atoms with van der Waals surface area (Å²) in [5.74, 6) is 0.425. The molecule has 0 saturated carbocycles. The molecule has 2 aromatic rings. The minimum Gasteiger partial charge on any atom is -0.437 e. The van der Waals surface area contributed by atoms with Crippen LogP contribution in [0.3, 0.4) is 0 Å². The van der Waals surface area contributed by atoms with E-state index in [0.29, 0.717) is 12.2 Å². The highest BCUT2D eigenvalue weighted by atomic mass is 19.1. The van der Waals surface area contributed by atoms with Gasteiger partial charge in [0.25, 0.3) is 0 Å². The van der Waals surface area contributed by atoms with Gasteiger partial charge in [-0.25, -0.2) is 9.37 Å². The van der Waals surface area contributed by atoms with E-state index in [-0.39, 0.29) is 23.0 Å². The van der Waals surface area contributed by atoms with Gasteiger partial charge < -0.3 is 10.5 Å². The SMILES string of the molecule is CCc1nc(N)cc(Oc2cccc(F)c2C#N)n1. The lowest BCUT2D eigenvalue weighted by Gasteiger charge is -2.08. The average molecular weight is 258 g/mol. The van der Waals surface area contributed by atoms with Crippen LogP contribution in [0.4, 0.5) is 10.2 Å². The lowest BCUT2D eigenvalue weighted by Crippen LogP contribution is -2.01. The van der Waals surface area contributed by atoms with Crippen LogP contribution in [-0.4, -0.2) is 9.97 Å². The number of aryl methyl sites for hydroxylation is 1. The van der Waals surface area contributed by atoms with Gasteiger partial charge in [0.15, 0.2) is 0 Å². The normalized spacial score (nSPS) is 9.95.